The van der Waals surface area contributed by atoms with Crippen molar-refractivity contribution in [3.63, 3.8) is 0 Å². The van der Waals surface area contributed by atoms with Crippen molar-refractivity contribution < 1.29 is 9.47 Å². The normalized spacial score (nSPS) is 11.2. The zero-order valence-corrected chi connectivity index (χ0v) is 12.4. The predicted molar refractivity (Wildman–Crippen MR) is 76.9 cm³/mol. The summed E-state index contributed by atoms with van der Waals surface area (Å²) in [4.78, 5) is 8.45. The molecule has 1 aromatic heterocycles. The number of rotatable bonds is 8. The molecule has 0 amide bonds. The van der Waals surface area contributed by atoms with Crippen molar-refractivity contribution in [2.75, 3.05) is 38.0 Å². The number of anilines is 2. The largest absolute Gasteiger partial charge is 0.490 e. The van der Waals surface area contributed by atoms with Gasteiger partial charge in [-0.2, -0.15) is 0 Å². The van der Waals surface area contributed by atoms with Gasteiger partial charge >= 0.3 is 0 Å². The van der Waals surface area contributed by atoms with E-state index in [0.717, 1.165) is 13.0 Å². The average molecular weight is 268 g/mol. The summed E-state index contributed by atoms with van der Waals surface area (Å²) in [6.45, 7) is 7.59. The second kappa shape index (κ2) is 7.13. The van der Waals surface area contributed by atoms with Crippen LogP contribution in [0.5, 0.6) is 5.75 Å². The van der Waals surface area contributed by atoms with E-state index in [0.29, 0.717) is 24.0 Å². The molecule has 108 valence electrons. The summed E-state index contributed by atoms with van der Waals surface area (Å²) in [5.41, 5.74) is -0.238. The average Bonchev–Trinajstić information content (AvgIpc) is 2.35. The van der Waals surface area contributed by atoms with Crippen molar-refractivity contribution >= 4 is 11.6 Å². The van der Waals surface area contributed by atoms with Crippen LogP contribution in [0, 0.1) is 0 Å². The standard InChI is InChI=1S/C13H24N4O2/c1-6-7-14-11-10(19-5)12(16-9-15-11)17-13(2,3)8-18-4/h9H,6-8H2,1-5H3,(H2,14,15,16,17). The topological polar surface area (TPSA) is 68.3 Å². The summed E-state index contributed by atoms with van der Waals surface area (Å²) >= 11 is 0. The molecule has 0 aliphatic carbocycles. The molecule has 0 aliphatic rings. The van der Waals surface area contributed by atoms with Crippen LogP contribution in [-0.4, -0.2) is 42.9 Å². The minimum atomic E-state index is -0.238. The van der Waals surface area contributed by atoms with Crippen LogP contribution >= 0.6 is 0 Å². The maximum Gasteiger partial charge on any atom is 0.204 e. The lowest BCUT2D eigenvalue weighted by Crippen LogP contribution is -2.36. The van der Waals surface area contributed by atoms with Gasteiger partial charge in [-0.15, -0.1) is 0 Å². The molecule has 1 heterocycles. The highest BCUT2D eigenvalue weighted by molar-refractivity contribution is 5.64. The first kappa shape index (κ1) is 15.5. The van der Waals surface area contributed by atoms with Crippen molar-refractivity contribution in [2.45, 2.75) is 32.7 Å². The second-order valence-electron chi connectivity index (χ2n) is 4.97. The lowest BCUT2D eigenvalue weighted by molar-refractivity contribution is 0.158. The van der Waals surface area contributed by atoms with E-state index in [-0.39, 0.29) is 5.54 Å². The number of nitrogens with zero attached hydrogens (tertiary/aromatic N) is 2. The van der Waals surface area contributed by atoms with E-state index in [1.807, 2.05) is 13.8 Å². The zero-order valence-electron chi connectivity index (χ0n) is 12.4. The number of nitrogens with one attached hydrogen (secondary N) is 2. The summed E-state index contributed by atoms with van der Waals surface area (Å²) in [7, 11) is 3.29. The van der Waals surface area contributed by atoms with Crippen LogP contribution in [0.2, 0.25) is 0 Å². The molecule has 1 aromatic rings. The van der Waals surface area contributed by atoms with Gasteiger partial charge in [0, 0.05) is 13.7 Å². The minimum absolute atomic E-state index is 0.238. The molecule has 19 heavy (non-hydrogen) atoms. The van der Waals surface area contributed by atoms with E-state index in [9.17, 15) is 0 Å². The van der Waals surface area contributed by atoms with Gasteiger partial charge in [0.25, 0.3) is 0 Å². The van der Waals surface area contributed by atoms with Crippen LogP contribution < -0.4 is 15.4 Å². The quantitative estimate of drug-likeness (QED) is 0.753. The third kappa shape index (κ3) is 4.55. The first-order valence-corrected chi connectivity index (χ1v) is 6.44. The van der Waals surface area contributed by atoms with Gasteiger partial charge in [0.15, 0.2) is 11.6 Å². The van der Waals surface area contributed by atoms with Crippen LogP contribution in [0.15, 0.2) is 6.33 Å². The van der Waals surface area contributed by atoms with Crippen LogP contribution in [0.25, 0.3) is 0 Å². The molecular formula is C13H24N4O2. The first-order chi connectivity index (χ1) is 9.04. The lowest BCUT2D eigenvalue weighted by atomic mass is 10.1. The Morgan fingerprint density at radius 3 is 2.47 bits per heavy atom. The Kier molecular flexibility index (Phi) is 5.82. The molecule has 0 radical (unpaired) electrons. The second-order valence-corrected chi connectivity index (χ2v) is 4.97. The third-order valence-electron chi connectivity index (χ3n) is 2.51. The monoisotopic (exact) mass is 268 g/mol. The zero-order chi connectivity index (χ0) is 14.3. The lowest BCUT2D eigenvalue weighted by Gasteiger charge is -2.27. The van der Waals surface area contributed by atoms with Gasteiger partial charge in [0.2, 0.25) is 5.75 Å². The van der Waals surface area contributed by atoms with E-state index in [4.69, 9.17) is 9.47 Å². The molecule has 6 nitrogen and oxygen atoms in total. The number of hydrogen-bond donors (Lipinski definition) is 2. The minimum Gasteiger partial charge on any atom is -0.490 e. The molecule has 0 aromatic carbocycles. The number of ether oxygens (including phenoxy) is 2. The van der Waals surface area contributed by atoms with Crippen LogP contribution in [0.1, 0.15) is 27.2 Å². The van der Waals surface area contributed by atoms with Gasteiger partial charge in [-0.05, 0) is 20.3 Å². The molecular weight excluding hydrogens is 244 g/mol. The van der Waals surface area contributed by atoms with Crippen molar-refractivity contribution in [2.24, 2.45) is 0 Å². The maximum absolute atomic E-state index is 5.41. The fourth-order valence-corrected chi connectivity index (χ4v) is 1.74. The summed E-state index contributed by atoms with van der Waals surface area (Å²) in [5, 5.41) is 6.54. The van der Waals surface area contributed by atoms with E-state index in [1.54, 1.807) is 14.2 Å². The van der Waals surface area contributed by atoms with Crippen molar-refractivity contribution in [1.82, 2.24) is 9.97 Å². The molecule has 1 rings (SSSR count). The Hall–Kier alpha value is -1.56. The van der Waals surface area contributed by atoms with Crippen LogP contribution in [-0.2, 0) is 4.74 Å². The highest BCUT2D eigenvalue weighted by Crippen LogP contribution is 2.30. The molecule has 0 bridgehead atoms. The van der Waals surface area contributed by atoms with Gasteiger partial charge in [0.05, 0.1) is 19.3 Å². The molecule has 0 saturated carbocycles. The Labute approximate surface area is 114 Å². The highest BCUT2D eigenvalue weighted by atomic mass is 16.5. The number of methoxy groups -OCH3 is 2. The molecule has 0 aliphatic heterocycles. The van der Waals surface area contributed by atoms with E-state index < -0.39 is 0 Å². The number of hydrogen-bond acceptors (Lipinski definition) is 6. The van der Waals surface area contributed by atoms with Crippen molar-refractivity contribution in [3.8, 4) is 5.75 Å². The Morgan fingerprint density at radius 1 is 1.21 bits per heavy atom. The molecule has 0 spiro atoms. The smallest absolute Gasteiger partial charge is 0.204 e. The van der Waals surface area contributed by atoms with Gasteiger partial charge in [-0.25, -0.2) is 9.97 Å². The molecule has 0 unspecified atom stereocenters. The van der Waals surface area contributed by atoms with Gasteiger partial charge in [-0.1, -0.05) is 6.92 Å². The predicted octanol–water partition coefficient (Wildman–Crippen LogP) is 2.14. The molecule has 0 fully saturated rings. The molecule has 6 heteroatoms. The summed E-state index contributed by atoms with van der Waals surface area (Å²) in [6, 6.07) is 0. The van der Waals surface area contributed by atoms with Gasteiger partial charge in [-0.3, -0.25) is 0 Å². The highest BCUT2D eigenvalue weighted by Gasteiger charge is 2.21. The van der Waals surface area contributed by atoms with E-state index >= 15 is 0 Å². The summed E-state index contributed by atoms with van der Waals surface area (Å²) in [6.07, 6.45) is 2.54. The Balaban J connectivity index is 2.94. The van der Waals surface area contributed by atoms with Crippen LogP contribution in [0.3, 0.4) is 0 Å². The fourth-order valence-electron chi connectivity index (χ4n) is 1.74. The summed E-state index contributed by atoms with van der Waals surface area (Å²) < 4.78 is 10.6. The molecule has 0 atom stereocenters. The fraction of sp³-hybridized carbons (Fsp3) is 0.692. The van der Waals surface area contributed by atoms with E-state index in [1.165, 1.54) is 6.33 Å². The van der Waals surface area contributed by atoms with Crippen LogP contribution in [0.4, 0.5) is 11.6 Å². The Morgan fingerprint density at radius 2 is 1.89 bits per heavy atom. The first-order valence-electron chi connectivity index (χ1n) is 6.44. The van der Waals surface area contributed by atoms with E-state index in [2.05, 4.69) is 27.5 Å². The molecule has 0 saturated heterocycles. The summed E-state index contributed by atoms with van der Waals surface area (Å²) in [5.74, 6) is 1.99. The van der Waals surface area contributed by atoms with Gasteiger partial charge in [0.1, 0.15) is 6.33 Å². The Bertz CT molecular complexity index is 396. The van der Waals surface area contributed by atoms with Gasteiger partial charge < -0.3 is 20.1 Å². The van der Waals surface area contributed by atoms with Crippen molar-refractivity contribution in [3.05, 3.63) is 6.33 Å². The molecule has 2 N–H and O–H groups in total. The maximum atomic E-state index is 5.41. The van der Waals surface area contributed by atoms with Crippen molar-refractivity contribution in [1.29, 1.82) is 0 Å². The SMILES string of the molecule is CCCNc1ncnc(NC(C)(C)COC)c1OC. The number of aromatic nitrogens is 2. The third-order valence-corrected chi connectivity index (χ3v) is 2.51.